The number of hydrogen-bond acceptors (Lipinski definition) is 1. The van der Waals surface area contributed by atoms with Gasteiger partial charge in [0.05, 0.1) is 9.68 Å². The lowest BCUT2D eigenvalue weighted by Crippen LogP contribution is -2.27. The van der Waals surface area contributed by atoms with Gasteiger partial charge in [-0.25, -0.2) is 0 Å². The van der Waals surface area contributed by atoms with Crippen LogP contribution in [-0.4, -0.2) is 27.3 Å². The molecule has 0 saturated carbocycles. The van der Waals surface area contributed by atoms with E-state index < -0.39 is 0 Å². The van der Waals surface area contributed by atoms with Crippen LogP contribution in [0, 0.1) is 5.41 Å². The molecule has 80 valence electrons. The fourth-order valence-corrected chi connectivity index (χ4v) is 3.08. The van der Waals surface area contributed by atoms with Gasteiger partial charge in [0.25, 0.3) is 0 Å². The number of rotatable bonds is 6. The van der Waals surface area contributed by atoms with Gasteiger partial charge in [-0.1, -0.05) is 41.0 Å². The molecule has 2 heteroatoms. The van der Waals surface area contributed by atoms with Gasteiger partial charge in [-0.05, 0) is 31.0 Å². The molecule has 0 amide bonds. The van der Waals surface area contributed by atoms with Gasteiger partial charge in [-0.2, -0.15) is 0 Å². The maximum Gasteiger partial charge on any atom is 0.0950 e. The minimum atomic E-state index is 0.0896. The molecule has 0 rings (SSSR count). The standard InChI is InChI=1S/C11H27NSi/c1-6-12(7-2)13-10-8-9-11(3,4)5/h6-10,13H2,1-5H3. The van der Waals surface area contributed by atoms with Crippen molar-refractivity contribution in [3.05, 3.63) is 0 Å². The summed E-state index contributed by atoms with van der Waals surface area (Å²) >= 11 is 0. The second-order valence-corrected chi connectivity index (χ2v) is 7.09. The maximum absolute atomic E-state index is 2.64. The molecule has 0 spiro atoms. The van der Waals surface area contributed by atoms with E-state index in [0.29, 0.717) is 5.41 Å². The molecule has 0 heterocycles. The van der Waals surface area contributed by atoms with Crippen LogP contribution in [0.15, 0.2) is 0 Å². The van der Waals surface area contributed by atoms with E-state index in [1.807, 2.05) is 0 Å². The van der Waals surface area contributed by atoms with E-state index >= 15 is 0 Å². The van der Waals surface area contributed by atoms with E-state index in [4.69, 9.17) is 0 Å². The molecule has 0 aliphatic rings. The topological polar surface area (TPSA) is 3.24 Å². The monoisotopic (exact) mass is 201 g/mol. The Labute approximate surface area is 86.8 Å². The highest BCUT2D eigenvalue weighted by molar-refractivity contribution is 6.31. The summed E-state index contributed by atoms with van der Waals surface area (Å²) in [4.78, 5) is 0. The Kier molecular flexibility index (Phi) is 6.69. The third-order valence-electron chi connectivity index (χ3n) is 2.55. The van der Waals surface area contributed by atoms with Crippen LogP contribution in [0.3, 0.4) is 0 Å². The molecule has 0 aliphatic heterocycles. The number of hydrogen-bond donors (Lipinski definition) is 0. The predicted molar refractivity (Wildman–Crippen MR) is 65.0 cm³/mol. The first kappa shape index (κ1) is 13.2. The van der Waals surface area contributed by atoms with Crippen molar-refractivity contribution in [1.82, 2.24) is 4.57 Å². The normalized spacial score (nSPS) is 13.4. The van der Waals surface area contributed by atoms with Crippen LogP contribution in [-0.2, 0) is 0 Å². The summed E-state index contributed by atoms with van der Waals surface area (Å²) in [5.41, 5.74) is 0.539. The molecule has 0 atom stereocenters. The third-order valence-corrected chi connectivity index (χ3v) is 4.89. The molecule has 0 N–H and O–H groups in total. The molecule has 0 aromatic carbocycles. The summed E-state index contributed by atoms with van der Waals surface area (Å²) in [5, 5.41) is 0. The van der Waals surface area contributed by atoms with Gasteiger partial charge in [-0.15, -0.1) is 0 Å². The molecular weight excluding hydrogens is 174 g/mol. The minimum absolute atomic E-state index is 0.0896. The van der Waals surface area contributed by atoms with Crippen LogP contribution in [0.2, 0.25) is 6.04 Å². The fraction of sp³-hybridized carbons (Fsp3) is 1.00. The van der Waals surface area contributed by atoms with Crippen molar-refractivity contribution in [2.75, 3.05) is 13.1 Å². The molecule has 0 aliphatic carbocycles. The summed E-state index contributed by atoms with van der Waals surface area (Å²) in [6.45, 7) is 14.1. The van der Waals surface area contributed by atoms with Gasteiger partial charge < -0.3 is 4.57 Å². The van der Waals surface area contributed by atoms with Gasteiger partial charge >= 0.3 is 0 Å². The quantitative estimate of drug-likeness (QED) is 0.472. The van der Waals surface area contributed by atoms with Crippen molar-refractivity contribution in [3.8, 4) is 0 Å². The van der Waals surface area contributed by atoms with Crippen LogP contribution in [0.25, 0.3) is 0 Å². The average Bonchev–Trinajstić information content (AvgIpc) is 2.03. The van der Waals surface area contributed by atoms with Crippen molar-refractivity contribution < 1.29 is 0 Å². The van der Waals surface area contributed by atoms with Gasteiger partial charge in [0.2, 0.25) is 0 Å². The van der Waals surface area contributed by atoms with E-state index in [1.54, 1.807) is 0 Å². The van der Waals surface area contributed by atoms with Gasteiger partial charge in [-0.3, -0.25) is 0 Å². The van der Waals surface area contributed by atoms with Crippen molar-refractivity contribution in [2.24, 2.45) is 5.41 Å². The fourth-order valence-electron chi connectivity index (χ4n) is 1.53. The SMILES string of the molecule is CCN(CC)[SiH2]CCCC(C)(C)C. The highest BCUT2D eigenvalue weighted by Gasteiger charge is 2.09. The van der Waals surface area contributed by atoms with E-state index in [1.165, 1.54) is 32.0 Å². The highest BCUT2D eigenvalue weighted by atomic mass is 28.2. The van der Waals surface area contributed by atoms with Crippen molar-refractivity contribution >= 4 is 9.68 Å². The Hall–Kier alpha value is 0.177. The predicted octanol–water partition coefficient (Wildman–Crippen LogP) is 2.66. The van der Waals surface area contributed by atoms with Crippen LogP contribution in [0.1, 0.15) is 47.5 Å². The molecule has 13 heavy (non-hydrogen) atoms. The molecular formula is C11H27NSi. The first-order valence-electron chi connectivity index (χ1n) is 5.72. The second-order valence-electron chi connectivity index (χ2n) is 5.04. The summed E-state index contributed by atoms with van der Waals surface area (Å²) in [6, 6.07) is 1.50. The summed E-state index contributed by atoms with van der Waals surface area (Å²) in [7, 11) is 0.0896. The Morgan fingerprint density at radius 2 is 1.62 bits per heavy atom. The first-order chi connectivity index (χ1) is 5.99. The molecule has 0 bridgehead atoms. The van der Waals surface area contributed by atoms with E-state index in [9.17, 15) is 0 Å². The Morgan fingerprint density at radius 3 is 2.00 bits per heavy atom. The second kappa shape index (κ2) is 6.60. The lowest BCUT2D eigenvalue weighted by atomic mass is 9.91. The van der Waals surface area contributed by atoms with Crippen LogP contribution in [0.5, 0.6) is 0 Å². The van der Waals surface area contributed by atoms with E-state index in [0.717, 1.165) is 0 Å². The molecule has 0 fully saturated rings. The van der Waals surface area contributed by atoms with Crippen LogP contribution >= 0.6 is 0 Å². The lowest BCUT2D eigenvalue weighted by molar-refractivity contribution is 0.371. The smallest absolute Gasteiger partial charge is 0.0950 e. The lowest BCUT2D eigenvalue weighted by Gasteiger charge is -2.20. The molecule has 1 nitrogen and oxygen atoms in total. The Morgan fingerprint density at radius 1 is 1.08 bits per heavy atom. The molecule has 0 aromatic rings. The van der Waals surface area contributed by atoms with E-state index in [-0.39, 0.29) is 9.68 Å². The Balaban J connectivity index is 3.34. The zero-order valence-electron chi connectivity index (χ0n) is 10.2. The maximum atomic E-state index is 2.64. The van der Waals surface area contributed by atoms with Gasteiger partial charge in [0.15, 0.2) is 0 Å². The van der Waals surface area contributed by atoms with Crippen LogP contribution in [0.4, 0.5) is 0 Å². The minimum Gasteiger partial charge on any atom is -0.330 e. The first-order valence-corrected chi connectivity index (χ1v) is 7.35. The Bertz CT molecular complexity index is 114. The molecule has 0 saturated heterocycles. The van der Waals surface area contributed by atoms with Crippen LogP contribution < -0.4 is 0 Å². The van der Waals surface area contributed by atoms with Gasteiger partial charge in [0, 0.05) is 0 Å². The highest BCUT2D eigenvalue weighted by Crippen LogP contribution is 2.21. The zero-order chi connectivity index (χ0) is 10.3. The van der Waals surface area contributed by atoms with Crippen molar-refractivity contribution in [2.45, 2.75) is 53.5 Å². The molecule has 0 aromatic heterocycles. The van der Waals surface area contributed by atoms with Crippen molar-refractivity contribution in [1.29, 1.82) is 0 Å². The molecule has 0 radical (unpaired) electrons. The van der Waals surface area contributed by atoms with Crippen molar-refractivity contribution in [3.63, 3.8) is 0 Å². The van der Waals surface area contributed by atoms with Gasteiger partial charge in [0.1, 0.15) is 0 Å². The van der Waals surface area contributed by atoms with E-state index in [2.05, 4.69) is 39.2 Å². The largest absolute Gasteiger partial charge is 0.330 e. The average molecular weight is 201 g/mol. The molecule has 0 unspecified atom stereocenters. The zero-order valence-corrected chi connectivity index (χ0v) is 11.6. The summed E-state index contributed by atoms with van der Waals surface area (Å²) in [6.07, 6.45) is 2.83. The number of nitrogens with zero attached hydrogens (tertiary/aromatic N) is 1. The summed E-state index contributed by atoms with van der Waals surface area (Å²) in [5.74, 6) is 0. The summed E-state index contributed by atoms with van der Waals surface area (Å²) < 4.78 is 2.64. The third kappa shape index (κ3) is 8.51.